The number of hydrogen-bond acceptors (Lipinski definition) is 3. The van der Waals surface area contributed by atoms with Crippen LogP contribution in [-0.4, -0.2) is 16.3 Å². The zero-order chi connectivity index (χ0) is 14.2. The molecule has 1 unspecified atom stereocenters. The van der Waals surface area contributed by atoms with Gasteiger partial charge in [0.1, 0.15) is 0 Å². The first-order valence-electron chi connectivity index (χ1n) is 7.62. The molecule has 110 valence electrons. The van der Waals surface area contributed by atoms with Crippen LogP contribution in [0.4, 0.5) is 0 Å². The van der Waals surface area contributed by atoms with E-state index in [0.29, 0.717) is 6.04 Å². The summed E-state index contributed by atoms with van der Waals surface area (Å²) in [5.41, 5.74) is 1.33. The maximum atomic E-state index is 4.40. The predicted molar refractivity (Wildman–Crippen MR) is 86.2 cm³/mol. The van der Waals surface area contributed by atoms with Crippen molar-refractivity contribution in [2.75, 3.05) is 6.54 Å². The van der Waals surface area contributed by atoms with Crippen molar-refractivity contribution in [1.82, 2.24) is 15.1 Å². The van der Waals surface area contributed by atoms with Gasteiger partial charge in [0.25, 0.3) is 0 Å². The Balaban J connectivity index is 1.93. The van der Waals surface area contributed by atoms with Crippen LogP contribution in [0.1, 0.15) is 49.7 Å². The Labute approximate surface area is 126 Å². The van der Waals surface area contributed by atoms with Crippen LogP contribution in [0.25, 0.3) is 0 Å². The first kappa shape index (κ1) is 15.3. The highest BCUT2D eigenvalue weighted by Crippen LogP contribution is 2.21. The van der Waals surface area contributed by atoms with Gasteiger partial charge in [0.15, 0.2) is 0 Å². The van der Waals surface area contributed by atoms with E-state index in [1.807, 2.05) is 17.5 Å². The van der Waals surface area contributed by atoms with Crippen LogP contribution in [0, 0.1) is 0 Å². The molecule has 1 N–H and O–H groups in total. The van der Waals surface area contributed by atoms with Gasteiger partial charge in [-0.1, -0.05) is 13.0 Å². The van der Waals surface area contributed by atoms with Gasteiger partial charge in [-0.3, -0.25) is 4.68 Å². The fraction of sp³-hybridized carbons (Fsp3) is 0.562. The zero-order valence-corrected chi connectivity index (χ0v) is 13.3. The predicted octanol–water partition coefficient (Wildman–Crippen LogP) is 4.03. The number of nitrogens with one attached hydrogen (secondary N) is 1. The highest BCUT2D eigenvalue weighted by Gasteiger charge is 2.14. The molecule has 2 heterocycles. The fourth-order valence-electron chi connectivity index (χ4n) is 2.51. The molecule has 0 spiro atoms. The first-order chi connectivity index (χ1) is 9.85. The molecular weight excluding hydrogens is 266 g/mol. The molecule has 0 aliphatic heterocycles. The highest BCUT2D eigenvalue weighted by atomic mass is 32.1. The van der Waals surface area contributed by atoms with E-state index in [0.717, 1.165) is 13.1 Å². The minimum absolute atomic E-state index is 0.428. The monoisotopic (exact) mass is 291 g/mol. The first-order valence-corrected chi connectivity index (χ1v) is 8.50. The van der Waals surface area contributed by atoms with Gasteiger partial charge in [0.2, 0.25) is 0 Å². The number of aryl methyl sites for hydroxylation is 2. The number of aromatic nitrogens is 2. The minimum Gasteiger partial charge on any atom is -0.309 e. The molecule has 0 saturated carbocycles. The van der Waals surface area contributed by atoms with Crippen LogP contribution < -0.4 is 5.32 Å². The van der Waals surface area contributed by atoms with Gasteiger partial charge in [0, 0.05) is 23.7 Å². The lowest BCUT2D eigenvalue weighted by molar-refractivity contribution is 0.446. The van der Waals surface area contributed by atoms with Gasteiger partial charge in [-0.2, -0.15) is 5.10 Å². The van der Waals surface area contributed by atoms with Crippen LogP contribution in [0.5, 0.6) is 0 Å². The average molecular weight is 291 g/mol. The smallest absolute Gasteiger partial charge is 0.0553 e. The van der Waals surface area contributed by atoms with Crippen LogP contribution >= 0.6 is 11.3 Å². The van der Waals surface area contributed by atoms with Gasteiger partial charge in [-0.25, -0.2) is 0 Å². The molecule has 4 heteroatoms. The van der Waals surface area contributed by atoms with Crippen molar-refractivity contribution in [3.63, 3.8) is 0 Å². The molecule has 0 radical (unpaired) electrons. The summed E-state index contributed by atoms with van der Waals surface area (Å²) in [6, 6.07) is 6.95. The summed E-state index contributed by atoms with van der Waals surface area (Å²) < 4.78 is 2.11. The molecule has 0 bridgehead atoms. The summed E-state index contributed by atoms with van der Waals surface area (Å²) in [7, 11) is 0. The lowest BCUT2D eigenvalue weighted by atomic mass is 10.1. The Morgan fingerprint density at radius 3 is 2.95 bits per heavy atom. The normalized spacial score (nSPS) is 12.7. The molecule has 20 heavy (non-hydrogen) atoms. The molecule has 1 atom stereocenters. The number of thiophene rings is 1. The number of rotatable bonds is 9. The number of nitrogens with zero attached hydrogens (tertiary/aromatic N) is 2. The lowest BCUT2D eigenvalue weighted by Gasteiger charge is -2.19. The van der Waals surface area contributed by atoms with E-state index in [-0.39, 0.29) is 0 Å². The van der Waals surface area contributed by atoms with E-state index in [1.54, 1.807) is 0 Å². The second-order valence-electron chi connectivity index (χ2n) is 5.05. The molecule has 0 saturated heterocycles. The maximum Gasteiger partial charge on any atom is 0.0553 e. The third-order valence-electron chi connectivity index (χ3n) is 3.54. The molecule has 0 amide bonds. The third-order valence-corrected chi connectivity index (χ3v) is 4.48. The van der Waals surface area contributed by atoms with Gasteiger partial charge in [0.05, 0.1) is 5.69 Å². The summed E-state index contributed by atoms with van der Waals surface area (Å²) in [5.74, 6) is 0. The SMILES string of the molecule is CCCNC(CCCc1cccs1)c1ccnn1CC. The molecule has 0 aliphatic rings. The molecule has 3 nitrogen and oxygen atoms in total. The Kier molecular flexibility index (Phi) is 6.27. The summed E-state index contributed by atoms with van der Waals surface area (Å²) in [4.78, 5) is 1.49. The second-order valence-corrected chi connectivity index (χ2v) is 6.08. The summed E-state index contributed by atoms with van der Waals surface area (Å²) in [6.45, 7) is 6.38. The van der Waals surface area contributed by atoms with Crippen molar-refractivity contribution in [3.05, 3.63) is 40.3 Å². The third kappa shape index (κ3) is 4.18. The van der Waals surface area contributed by atoms with E-state index in [9.17, 15) is 0 Å². The maximum absolute atomic E-state index is 4.40. The summed E-state index contributed by atoms with van der Waals surface area (Å²) in [5, 5.41) is 10.2. The van der Waals surface area contributed by atoms with Gasteiger partial charge >= 0.3 is 0 Å². The van der Waals surface area contributed by atoms with E-state index >= 15 is 0 Å². The Morgan fingerprint density at radius 2 is 2.25 bits per heavy atom. The van der Waals surface area contributed by atoms with Crippen LogP contribution in [0.3, 0.4) is 0 Å². The second kappa shape index (κ2) is 8.22. The van der Waals surface area contributed by atoms with Crippen molar-refractivity contribution in [1.29, 1.82) is 0 Å². The van der Waals surface area contributed by atoms with Crippen molar-refractivity contribution >= 4 is 11.3 Å². The van der Waals surface area contributed by atoms with Crippen molar-refractivity contribution in [2.45, 2.75) is 52.1 Å². The fourth-order valence-corrected chi connectivity index (χ4v) is 3.26. The zero-order valence-electron chi connectivity index (χ0n) is 12.5. The van der Waals surface area contributed by atoms with Crippen molar-refractivity contribution in [3.8, 4) is 0 Å². The van der Waals surface area contributed by atoms with Gasteiger partial charge in [-0.05, 0) is 56.7 Å². The van der Waals surface area contributed by atoms with E-state index in [4.69, 9.17) is 0 Å². The summed E-state index contributed by atoms with van der Waals surface area (Å²) >= 11 is 1.86. The van der Waals surface area contributed by atoms with Crippen molar-refractivity contribution < 1.29 is 0 Å². The van der Waals surface area contributed by atoms with Crippen LogP contribution in [0.15, 0.2) is 29.8 Å². The largest absolute Gasteiger partial charge is 0.309 e. The Hall–Kier alpha value is -1.13. The number of hydrogen-bond donors (Lipinski definition) is 1. The Morgan fingerprint density at radius 1 is 1.35 bits per heavy atom. The van der Waals surface area contributed by atoms with E-state index < -0.39 is 0 Å². The van der Waals surface area contributed by atoms with E-state index in [2.05, 4.69) is 52.5 Å². The molecule has 2 rings (SSSR count). The summed E-state index contributed by atoms with van der Waals surface area (Å²) in [6.07, 6.45) is 6.66. The van der Waals surface area contributed by atoms with Gasteiger partial charge < -0.3 is 5.32 Å². The topological polar surface area (TPSA) is 29.9 Å². The van der Waals surface area contributed by atoms with Crippen LogP contribution in [-0.2, 0) is 13.0 Å². The molecule has 2 aromatic rings. The standard InChI is InChI=1S/C16H25N3S/c1-3-11-17-15(16-10-12-18-19(16)4-2)9-5-7-14-8-6-13-20-14/h6,8,10,12-13,15,17H,3-5,7,9,11H2,1-2H3. The quantitative estimate of drug-likeness (QED) is 0.756. The van der Waals surface area contributed by atoms with Gasteiger partial charge in [-0.15, -0.1) is 11.3 Å². The Bertz CT molecular complexity index is 476. The molecule has 0 aliphatic carbocycles. The van der Waals surface area contributed by atoms with Crippen LogP contribution in [0.2, 0.25) is 0 Å². The average Bonchev–Trinajstić information content (AvgIpc) is 3.13. The molecule has 0 aromatic carbocycles. The van der Waals surface area contributed by atoms with Crippen molar-refractivity contribution in [2.24, 2.45) is 0 Å². The lowest BCUT2D eigenvalue weighted by Crippen LogP contribution is -2.25. The minimum atomic E-state index is 0.428. The highest BCUT2D eigenvalue weighted by molar-refractivity contribution is 7.09. The molecule has 2 aromatic heterocycles. The van der Waals surface area contributed by atoms with E-state index in [1.165, 1.54) is 36.3 Å². The molecular formula is C16H25N3S. The molecule has 0 fully saturated rings.